The summed E-state index contributed by atoms with van der Waals surface area (Å²) in [5.74, 6) is -0.747. The monoisotopic (exact) mass is 436 g/mol. The van der Waals surface area contributed by atoms with E-state index in [9.17, 15) is 14.4 Å². The lowest BCUT2D eigenvalue weighted by Crippen LogP contribution is -2.14. The largest absolute Gasteiger partial charge is 0.497 e. The molecule has 0 spiro atoms. The topological polar surface area (TPSA) is 105 Å². The van der Waals surface area contributed by atoms with Crippen LogP contribution in [-0.4, -0.2) is 35.8 Å². The standard InChI is InChI=1S/C23H20N2O5S/c1-30-19-6-2-4-16(12-19)22(27)25-18-5-3-7-20(13-18)31-14-21(26)24-17-10-8-15(9-11-17)23(28)29/h2-13H,14H2,1H3,(H,24,26)(H,25,27)(H,28,29). The molecule has 2 amide bonds. The van der Waals surface area contributed by atoms with Gasteiger partial charge in [0.25, 0.3) is 5.91 Å². The molecule has 3 N–H and O–H groups in total. The summed E-state index contributed by atoms with van der Waals surface area (Å²) in [5.41, 5.74) is 1.77. The number of ether oxygens (including phenoxy) is 1. The molecule has 0 aliphatic rings. The Morgan fingerprint density at radius 1 is 0.871 bits per heavy atom. The van der Waals surface area contributed by atoms with Crippen molar-refractivity contribution in [3.63, 3.8) is 0 Å². The van der Waals surface area contributed by atoms with E-state index < -0.39 is 5.97 Å². The molecule has 3 rings (SSSR count). The fourth-order valence-electron chi connectivity index (χ4n) is 2.67. The molecule has 7 nitrogen and oxygen atoms in total. The number of methoxy groups -OCH3 is 1. The summed E-state index contributed by atoms with van der Waals surface area (Å²) in [6, 6.07) is 20.0. The number of aromatic carboxylic acids is 1. The summed E-state index contributed by atoms with van der Waals surface area (Å²) in [5, 5.41) is 14.5. The van der Waals surface area contributed by atoms with E-state index in [4.69, 9.17) is 9.84 Å². The van der Waals surface area contributed by atoms with Crippen LogP contribution in [0, 0.1) is 0 Å². The summed E-state index contributed by atoms with van der Waals surface area (Å²) in [4.78, 5) is 36.3. The second-order valence-electron chi connectivity index (χ2n) is 6.43. The summed E-state index contributed by atoms with van der Waals surface area (Å²) < 4.78 is 5.14. The zero-order valence-electron chi connectivity index (χ0n) is 16.6. The van der Waals surface area contributed by atoms with Crippen molar-refractivity contribution in [3.8, 4) is 5.75 Å². The van der Waals surface area contributed by atoms with Crippen LogP contribution in [0.5, 0.6) is 5.75 Å². The number of carbonyl (C=O) groups excluding carboxylic acids is 2. The summed E-state index contributed by atoms with van der Waals surface area (Å²) >= 11 is 1.32. The third-order valence-electron chi connectivity index (χ3n) is 4.21. The van der Waals surface area contributed by atoms with Gasteiger partial charge in [0.1, 0.15) is 5.75 Å². The number of amides is 2. The molecular formula is C23H20N2O5S. The van der Waals surface area contributed by atoms with Crippen molar-refractivity contribution in [2.45, 2.75) is 4.90 Å². The number of thioether (sulfide) groups is 1. The minimum atomic E-state index is -1.02. The number of carbonyl (C=O) groups is 3. The number of rotatable bonds is 8. The predicted octanol–water partition coefficient (Wildman–Crippen LogP) is 4.38. The number of benzene rings is 3. The van der Waals surface area contributed by atoms with Crippen molar-refractivity contribution in [1.82, 2.24) is 0 Å². The Labute approximate surface area is 183 Å². The molecule has 0 saturated carbocycles. The Bertz CT molecular complexity index is 1100. The van der Waals surface area contributed by atoms with E-state index in [-0.39, 0.29) is 23.1 Å². The van der Waals surface area contributed by atoms with E-state index in [2.05, 4.69) is 10.6 Å². The number of nitrogens with one attached hydrogen (secondary N) is 2. The Hall–Kier alpha value is -3.78. The second kappa shape index (κ2) is 10.3. The van der Waals surface area contributed by atoms with E-state index in [0.717, 1.165) is 4.90 Å². The molecule has 8 heteroatoms. The van der Waals surface area contributed by atoms with Crippen LogP contribution in [-0.2, 0) is 4.79 Å². The Balaban J connectivity index is 1.55. The number of hydrogen-bond acceptors (Lipinski definition) is 5. The molecular weight excluding hydrogens is 416 g/mol. The summed E-state index contributed by atoms with van der Waals surface area (Å²) in [7, 11) is 1.54. The average Bonchev–Trinajstić information content (AvgIpc) is 2.78. The highest BCUT2D eigenvalue weighted by Gasteiger charge is 2.09. The molecule has 0 unspecified atom stereocenters. The van der Waals surface area contributed by atoms with Crippen LogP contribution in [0.2, 0.25) is 0 Å². The molecule has 3 aromatic rings. The summed E-state index contributed by atoms with van der Waals surface area (Å²) in [6.45, 7) is 0. The summed E-state index contributed by atoms with van der Waals surface area (Å²) in [6.07, 6.45) is 0. The maximum Gasteiger partial charge on any atom is 0.335 e. The highest BCUT2D eigenvalue weighted by atomic mass is 32.2. The first kappa shape index (κ1) is 21.9. The van der Waals surface area contributed by atoms with Crippen LogP contribution in [0.1, 0.15) is 20.7 Å². The predicted molar refractivity (Wildman–Crippen MR) is 120 cm³/mol. The fraction of sp³-hybridized carbons (Fsp3) is 0.0870. The number of anilines is 2. The van der Waals surface area contributed by atoms with Gasteiger partial charge in [0, 0.05) is 21.8 Å². The van der Waals surface area contributed by atoms with E-state index in [0.29, 0.717) is 22.7 Å². The third kappa shape index (κ3) is 6.35. The van der Waals surface area contributed by atoms with Gasteiger partial charge in [-0.1, -0.05) is 12.1 Å². The maximum absolute atomic E-state index is 12.5. The lowest BCUT2D eigenvalue weighted by atomic mass is 10.2. The number of carboxylic acid groups (broad SMARTS) is 1. The van der Waals surface area contributed by atoms with Crippen molar-refractivity contribution in [1.29, 1.82) is 0 Å². The van der Waals surface area contributed by atoms with Crippen molar-refractivity contribution in [2.24, 2.45) is 0 Å². The molecule has 158 valence electrons. The van der Waals surface area contributed by atoms with Gasteiger partial charge in [-0.05, 0) is 60.7 Å². The first-order valence-electron chi connectivity index (χ1n) is 9.26. The minimum Gasteiger partial charge on any atom is -0.497 e. The molecule has 0 aliphatic heterocycles. The van der Waals surface area contributed by atoms with E-state index in [1.807, 2.05) is 6.07 Å². The third-order valence-corrected chi connectivity index (χ3v) is 5.20. The molecule has 3 aromatic carbocycles. The second-order valence-corrected chi connectivity index (χ2v) is 7.48. The zero-order chi connectivity index (χ0) is 22.2. The van der Waals surface area contributed by atoms with Gasteiger partial charge in [-0.15, -0.1) is 11.8 Å². The fourth-order valence-corrected chi connectivity index (χ4v) is 3.43. The van der Waals surface area contributed by atoms with Crippen molar-refractivity contribution < 1.29 is 24.2 Å². The highest BCUT2D eigenvalue weighted by Crippen LogP contribution is 2.23. The van der Waals surface area contributed by atoms with Gasteiger partial charge in [0.05, 0.1) is 18.4 Å². The normalized spacial score (nSPS) is 10.2. The van der Waals surface area contributed by atoms with Gasteiger partial charge >= 0.3 is 5.97 Å². The molecule has 0 radical (unpaired) electrons. The molecule has 0 bridgehead atoms. The maximum atomic E-state index is 12.5. The lowest BCUT2D eigenvalue weighted by molar-refractivity contribution is -0.113. The molecule has 0 fully saturated rings. The van der Waals surface area contributed by atoms with Crippen LogP contribution in [0.3, 0.4) is 0 Å². The van der Waals surface area contributed by atoms with Crippen LogP contribution in [0.4, 0.5) is 11.4 Å². The van der Waals surface area contributed by atoms with Crippen LogP contribution in [0.25, 0.3) is 0 Å². The van der Waals surface area contributed by atoms with Crippen molar-refractivity contribution in [2.75, 3.05) is 23.5 Å². The first-order chi connectivity index (χ1) is 14.9. The van der Waals surface area contributed by atoms with Crippen LogP contribution in [0.15, 0.2) is 77.7 Å². The SMILES string of the molecule is COc1cccc(C(=O)Nc2cccc(SCC(=O)Nc3ccc(C(=O)O)cc3)c2)c1. The number of hydrogen-bond donors (Lipinski definition) is 3. The van der Waals surface area contributed by atoms with Crippen molar-refractivity contribution in [3.05, 3.63) is 83.9 Å². The molecule has 0 heterocycles. The van der Waals surface area contributed by atoms with E-state index >= 15 is 0 Å². The molecule has 0 saturated heterocycles. The van der Waals surface area contributed by atoms with Gasteiger partial charge in [-0.2, -0.15) is 0 Å². The van der Waals surface area contributed by atoms with Gasteiger partial charge < -0.3 is 20.5 Å². The molecule has 0 atom stereocenters. The highest BCUT2D eigenvalue weighted by molar-refractivity contribution is 8.00. The molecule has 31 heavy (non-hydrogen) atoms. The van der Waals surface area contributed by atoms with Gasteiger partial charge in [0.2, 0.25) is 5.91 Å². The molecule has 0 aliphatic carbocycles. The Morgan fingerprint density at radius 2 is 1.61 bits per heavy atom. The number of carboxylic acids is 1. The Kier molecular flexibility index (Phi) is 7.29. The smallest absolute Gasteiger partial charge is 0.335 e. The first-order valence-corrected chi connectivity index (χ1v) is 10.2. The van der Waals surface area contributed by atoms with Crippen molar-refractivity contribution >= 4 is 40.9 Å². The minimum absolute atomic E-state index is 0.153. The van der Waals surface area contributed by atoms with Gasteiger partial charge in [-0.25, -0.2) is 4.79 Å². The lowest BCUT2D eigenvalue weighted by Gasteiger charge is -2.09. The van der Waals surface area contributed by atoms with Gasteiger partial charge in [0.15, 0.2) is 0 Å². The average molecular weight is 436 g/mol. The van der Waals surface area contributed by atoms with Gasteiger partial charge in [-0.3, -0.25) is 9.59 Å². The zero-order valence-corrected chi connectivity index (χ0v) is 17.4. The van der Waals surface area contributed by atoms with Crippen LogP contribution >= 0.6 is 11.8 Å². The Morgan fingerprint density at radius 3 is 2.32 bits per heavy atom. The van der Waals surface area contributed by atoms with Crippen LogP contribution < -0.4 is 15.4 Å². The van der Waals surface area contributed by atoms with E-state index in [1.165, 1.54) is 23.9 Å². The molecule has 0 aromatic heterocycles. The van der Waals surface area contributed by atoms with E-state index in [1.54, 1.807) is 61.7 Å². The quantitative estimate of drug-likeness (QED) is 0.453.